The Morgan fingerprint density at radius 1 is 1.25 bits per heavy atom. The van der Waals surface area contributed by atoms with Gasteiger partial charge in [0.25, 0.3) is 0 Å². The second kappa shape index (κ2) is 9.60. The van der Waals surface area contributed by atoms with Crippen LogP contribution in [0.2, 0.25) is 0 Å². The summed E-state index contributed by atoms with van der Waals surface area (Å²) in [5.74, 6) is 0.700. The normalized spacial score (nSPS) is 12.8. The summed E-state index contributed by atoms with van der Waals surface area (Å²) in [5, 5.41) is 5.79. The van der Waals surface area contributed by atoms with E-state index in [-0.39, 0.29) is 12.0 Å². The highest BCUT2D eigenvalue weighted by Crippen LogP contribution is 2.07. The summed E-state index contributed by atoms with van der Waals surface area (Å²) in [7, 11) is 1.86. The molecule has 0 bridgehead atoms. The lowest BCUT2D eigenvalue weighted by Gasteiger charge is -2.14. The van der Waals surface area contributed by atoms with Crippen LogP contribution in [0.3, 0.4) is 0 Å². The summed E-state index contributed by atoms with van der Waals surface area (Å²) in [5.41, 5.74) is 0. The largest absolute Gasteiger partial charge is 0.378 e. The fraction of sp³-hybridized carbons (Fsp3) is 0.917. The first-order valence-electron chi connectivity index (χ1n) is 6.09. The van der Waals surface area contributed by atoms with Crippen molar-refractivity contribution in [3.63, 3.8) is 0 Å². The number of hydrogen-bond acceptors (Lipinski definition) is 3. The minimum Gasteiger partial charge on any atom is -0.378 e. The van der Waals surface area contributed by atoms with Gasteiger partial charge < -0.3 is 15.4 Å². The Labute approximate surface area is 99.1 Å². The maximum absolute atomic E-state index is 11.3. The summed E-state index contributed by atoms with van der Waals surface area (Å²) in [6.07, 6.45) is 1.73. The quantitative estimate of drug-likeness (QED) is 0.584. The summed E-state index contributed by atoms with van der Waals surface area (Å²) >= 11 is 0. The number of rotatable bonds is 9. The number of carbonyl (C=O) groups is 1. The molecule has 0 radical (unpaired) electrons. The number of carbonyl (C=O) groups excluding carboxylic acids is 1. The molecule has 96 valence electrons. The number of hydrogen-bond donors (Lipinski definition) is 2. The van der Waals surface area contributed by atoms with Gasteiger partial charge in [-0.2, -0.15) is 0 Å². The van der Waals surface area contributed by atoms with Gasteiger partial charge >= 0.3 is 0 Å². The summed E-state index contributed by atoms with van der Waals surface area (Å²) in [4.78, 5) is 11.3. The maximum Gasteiger partial charge on any atom is 0.222 e. The molecule has 0 aromatic rings. The van der Waals surface area contributed by atoms with E-state index in [0.29, 0.717) is 25.5 Å². The molecule has 0 saturated carbocycles. The van der Waals surface area contributed by atoms with Crippen molar-refractivity contribution in [3.8, 4) is 0 Å². The second-order valence-corrected chi connectivity index (χ2v) is 4.51. The van der Waals surface area contributed by atoms with Gasteiger partial charge in [0.2, 0.25) is 5.91 Å². The topological polar surface area (TPSA) is 50.4 Å². The molecule has 1 unspecified atom stereocenters. The lowest BCUT2D eigenvalue weighted by Crippen LogP contribution is -2.31. The molecule has 0 aliphatic heterocycles. The molecular weight excluding hydrogens is 204 g/mol. The molecule has 4 nitrogen and oxygen atoms in total. The van der Waals surface area contributed by atoms with Crippen molar-refractivity contribution in [3.05, 3.63) is 0 Å². The Morgan fingerprint density at radius 3 is 2.50 bits per heavy atom. The van der Waals surface area contributed by atoms with Crippen LogP contribution in [0.25, 0.3) is 0 Å². The molecule has 0 fully saturated rings. The minimum absolute atomic E-state index is 0.0620. The Bertz CT molecular complexity index is 184. The molecule has 0 aliphatic rings. The van der Waals surface area contributed by atoms with Crippen molar-refractivity contribution in [2.24, 2.45) is 5.92 Å². The van der Waals surface area contributed by atoms with Crippen LogP contribution in [0.5, 0.6) is 0 Å². The van der Waals surface area contributed by atoms with E-state index in [2.05, 4.69) is 31.4 Å². The van der Waals surface area contributed by atoms with Crippen LogP contribution in [-0.4, -0.2) is 38.8 Å². The van der Waals surface area contributed by atoms with E-state index in [0.717, 1.165) is 13.0 Å². The third-order valence-corrected chi connectivity index (χ3v) is 2.23. The fourth-order valence-electron chi connectivity index (χ4n) is 1.50. The third kappa shape index (κ3) is 9.93. The van der Waals surface area contributed by atoms with Gasteiger partial charge in [0.15, 0.2) is 0 Å². The second-order valence-electron chi connectivity index (χ2n) is 4.51. The number of likely N-dealkylation sites (N-methyl/N-ethyl adjacent to an activating group) is 1. The number of nitrogens with one attached hydrogen (secondary N) is 2. The van der Waals surface area contributed by atoms with Crippen molar-refractivity contribution < 1.29 is 9.53 Å². The molecule has 0 rings (SSSR count). The van der Waals surface area contributed by atoms with Gasteiger partial charge in [-0.15, -0.1) is 0 Å². The first-order valence-corrected chi connectivity index (χ1v) is 6.09. The number of ether oxygens (including phenoxy) is 1. The van der Waals surface area contributed by atoms with Crippen molar-refractivity contribution in [2.75, 3.05) is 26.7 Å². The monoisotopic (exact) mass is 230 g/mol. The third-order valence-electron chi connectivity index (χ3n) is 2.23. The van der Waals surface area contributed by atoms with E-state index in [1.807, 2.05) is 7.05 Å². The molecule has 0 saturated heterocycles. The zero-order valence-corrected chi connectivity index (χ0v) is 11.0. The van der Waals surface area contributed by atoms with E-state index in [4.69, 9.17) is 4.74 Å². The molecule has 1 atom stereocenters. The maximum atomic E-state index is 11.3. The minimum atomic E-state index is 0.0620. The van der Waals surface area contributed by atoms with Crippen LogP contribution in [0.1, 0.15) is 33.6 Å². The lowest BCUT2D eigenvalue weighted by molar-refractivity contribution is -0.122. The molecule has 1 amide bonds. The predicted molar refractivity (Wildman–Crippen MR) is 66.4 cm³/mol. The Kier molecular flexibility index (Phi) is 9.24. The average Bonchev–Trinajstić information content (AvgIpc) is 2.17. The first kappa shape index (κ1) is 15.4. The van der Waals surface area contributed by atoms with Gasteiger partial charge in [0.05, 0.1) is 12.7 Å². The molecule has 4 heteroatoms. The Hall–Kier alpha value is -0.610. The van der Waals surface area contributed by atoms with Crippen LogP contribution in [0.15, 0.2) is 0 Å². The summed E-state index contributed by atoms with van der Waals surface area (Å²) in [6.45, 7) is 8.39. The Morgan fingerprint density at radius 2 is 1.94 bits per heavy atom. The van der Waals surface area contributed by atoms with E-state index in [1.165, 1.54) is 0 Å². The van der Waals surface area contributed by atoms with Crippen LogP contribution in [0, 0.1) is 5.92 Å². The highest BCUT2D eigenvalue weighted by Gasteiger charge is 2.06. The zero-order valence-electron chi connectivity index (χ0n) is 11.0. The van der Waals surface area contributed by atoms with E-state index in [9.17, 15) is 4.79 Å². The van der Waals surface area contributed by atoms with Gasteiger partial charge in [-0.05, 0) is 26.3 Å². The van der Waals surface area contributed by atoms with Gasteiger partial charge in [0.1, 0.15) is 0 Å². The van der Waals surface area contributed by atoms with Crippen LogP contribution in [0.4, 0.5) is 0 Å². The highest BCUT2D eigenvalue weighted by atomic mass is 16.5. The van der Waals surface area contributed by atoms with Crippen molar-refractivity contribution in [2.45, 2.75) is 39.7 Å². The smallest absolute Gasteiger partial charge is 0.222 e. The van der Waals surface area contributed by atoms with Crippen molar-refractivity contribution in [1.82, 2.24) is 10.6 Å². The van der Waals surface area contributed by atoms with E-state index >= 15 is 0 Å². The summed E-state index contributed by atoms with van der Waals surface area (Å²) < 4.78 is 5.55. The standard InChI is InChI=1S/C12H26N2O2/c1-10(2)9-11(3)16-8-5-12(15)14-7-6-13-4/h10-11,13H,5-9H2,1-4H3,(H,14,15). The van der Waals surface area contributed by atoms with Crippen LogP contribution >= 0.6 is 0 Å². The van der Waals surface area contributed by atoms with Gasteiger partial charge in [0, 0.05) is 19.5 Å². The zero-order chi connectivity index (χ0) is 12.4. The Balaban J connectivity index is 3.39. The van der Waals surface area contributed by atoms with Crippen molar-refractivity contribution >= 4 is 5.91 Å². The lowest BCUT2D eigenvalue weighted by atomic mass is 10.1. The highest BCUT2D eigenvalue weighted by molar-refractivity contribution is 5.75. The van der Waals surface area contributed by atoms with Crippen molar-refractivity contribution in [1.29, 1.82) is 0 Å². The average molecular weight is 230 g/mol. The SMILES string of the molecule is CNCCNC(=O)CCOC(C)CC(C)C. The van der Waals surface area contributed by atoms with Gasteiger partial charge in [-0.3, -0.25) is 4.79 Å². The molecule has 2 N–H and O–H groups in total. The number of amides is 1. The van der Waals surface area contributed by atoms with Gasteiger partial charge in [-0.25, -0.2) is 0 Å². The van der Waals surface area contributed by atoms with Crippen LogP contribution in [-0.2, 0) is 9.53 Å². The van der Waals surface area contributed by atoms with Crippen LogP contribution < -0.4 is 10.6 Å². The molecule has 0 aromatic heterocycles. The van der Waals surface area contributed by atoms with E-state index < -0.39 is 0 Å². The van der Waals surface area contributed by atoms with E-state index in [1.54, 1.807) is 0 Å². The predicted octanol–water partition coefficient (Wildman–Crippen LogP) is 1.16. The molecule has 0 aliphatic carbocycles. The van der Waals surface area contributed by atoms with Gasteiger partial charge in [-0.1, -0.05) is 13.8 Å². The molecule has 16 heavy (non-hydrogen) atoms. The first-order chi connectivity index (χ1) is 7.56. The fourth-order valence-corrected chi connectivity index (χ4v) is 1.50. The molecular formula is C12H26N2O2. The molecule has 0 aromatic carbocycles. The molecule has 0 heterocycles. The summed E-state index contributed by atoms with van der Waals surface area (Å²) in [6, 6.07) is 0. The molecule has 0 spiro atoms.